The van der Waals surface area contributed by atoms with Crippen LogP contribution in [0.1, 0.15) is 38.2 Å². The van der Waals surface area contributed by atoms with Crippen molar-refractivity contribution in [2.24, 2.45) is 5.92 Å². The Balaban J connectivity index is 1.93. The summed E-state index contributed by atoms with van der Waals surface area (Å²) in [5.41, 5.74) is 1.06. The van der Waals surface area contributed by atoms with Crippen LogP contribution in [0.5, 0.6) is 0 Å². The topological polar surface area (TPSA) is 70.1 Å². The van der Waals surface area contributed by atoms with Gasteiger partial charge < -0.3 is 15.7 Å². The van der Waals surface area contributed by atoms with Gasteiger partial charge in [-0.05, 0) is 39.0 Å². The van der Waals surface area contributed by atoms with Gasteiger partial charge in [0.25, 0.3) is 0 Å². The minimum atomic E-state index is -0.121. The molecule has 1 heterocycles. The zero-order valence-electron chi connectivity index (χ0n) is 11.8. The molecule has 0 radical (unpaired) electrons. The molecule has 0 bridgehead atoms. The van der Waals surface area contributed by atoms with Gasteiger partial charge in [0.05, 0.1) is 6.10 Å². The van der Waals surface area contributed by atoms with Crippen LogP contribution in [-0.4, -0.2) is 34.3 Å². The van der Waals surface area contributed by atoms with Crippen molar-refractivity contribution in [2.45, 2.75) is 45.6 Å². The second kappa shape index (κ2) is 6.70. The molecule has 2 unspecified atom stereocenters. The van der Waals surface area contributed by atoms with Crippen LogP contribution in [0.2, 0.25) is 0 Å². The molecule has 0 amide bonds. The van der Waals surface area contributed by atoms with Gasteiger partial charge in [-0.1, -0.05) is 6.42 Å². The van der Waals surface area contributed by atoms with Crippen LogP contribution in [0.3, 0.4) is 0 Å². The molecule has 1 aromatic heterocycles. The molecule has 1 fully saturated rings. The molecule has 0 aliphatic heterocycles. The third kappa shape index (κ3) is 3.80. The van der Waals surface area contributed by atoms with Crippen molar-refractivity contribution in [3.8, 4) is 0 Å². The van der Waals surface area contributed by atoms with Gasteiger partial charge in [0.1, 0.15) is 18.0 Å². The summed E-state index contributed by atoms with van der Waals surface area (Å²) in [6.45, 7) is 5.81. The molecule has 0 aromatic carbocycles. The Morgan fingerprint density at radius 2 is 2.00 bits per heavy atom. The van der Waals surface area contributed by atoms with Gasteiger partial charge in [0.2, 0.25) is 0 Å². The molecule has 1 aromatic rings. The van der Waals surface area contributed by atoms with Crippen molar-refractivity contribution in [1.29, 1.82) is 0 Å². The van der Waals surface area contributed by atoms with Gasteiger partial charge in [-0.15, -0.1) is 0 Å². The Kier molecular flexibility index (Phi) is 4.96. The number of rotatable bonds is 5. The molecule has 5 heteroatoms. The largest absolute Gasteiger partial charge is 0.393 e. The zero-order chi connectivity index (χ0) is 13.7. The Hall–Kier alpha value is -1.36. The first kappa shape index (κ1) is 14.1. The van der Waals surface area contributed by atoms with Crippen molar-refractivity contribution in [3.63, 3.8) is 0 Å². The Morgan fingerprint density at radius 3 is 2.68 bits per heavy atom. The highest BCUT2D eigenvalue weighted by Gasteiger charge is 2.20. The molecule has 5 nitrogen and oxygen atoms in total. The highest BCUT2D eigenvalue weighted by atomic mass is 16.3. The van der Waals surface area contributed by atoms with E-state index in [1.165, 1.54) is 6.42 Å². The fourth-order valence-electron chi connectivity index (χ4n) is 2.66. The van der Waals surface area contributed by atoms with Gasteiger partial charge in [-0.25, -0.2) is 9.97 Å². The average Bonchev–Trinajstić information content (AvgIpc) is 2.40. The van der Waals surface area contributed by atoms with Gasteiger partial charge in [-0.3, -0.25) is 0 Å². The summed E-state index contributed by atoms with van der Waals surface area (Å²) in [6, 6.07) is 0. The molecule has 106 valence electrons. The van der Waals surface area contributed by atoms with Crippen molar-refractivity contribution in [2.75, 3.05) is 23.7 Å². The number of hydrogen-bond acceptors (Lipinski definition) is 5. The molecule has 0 spiro atoms. The van der Waals surface area contributed by atoms with E-state index in [0.717, 1.165) is 49.6 Å². The SMILES string of the molecule is CCNc1ncnc(NCC2CCCC(O)C2)c1C. The lowest BCUT2D eigenvalue weighted by atomic mass is 9.87. The van der Waals surface area contributed by atoms with Crippen LogP contribution in [-0.2, 0) is 0 Å². The quantitative estimate of drug-likeness (QED) is 0.760. The maximum absolute atomic E-state index is 9.68. The van der Waals surface area contributed by atoms with E-state index in [1.807, 2.05) is 6.92 Å². The predicted molar refractivity (Wildman–Crippen MR) is 77.4 cm³/mol. The molecule has 1 saturated carbocycles. The number of hydrogen-bond donors (Lipinski definition) is 3. The van der Waals surface area contributed by atoms with Crippen LogP contribution in [0.25, 0.3) is 0 Å². The van der Waals surface area contributed by atoms with E-state index >= 15 is 0 Å². The lowest BCUT2D eigenvalue weighted by Crippen LogP contribution is -2.25. The summed E-state index contributed by atoms with van der Waals surface area (Å²) in [4.78, 5) is 8.53. The number of aromatic nitrogens is 2. The number of nitrogens with one attached hydrogen (secondary N) is 2. The Bertz CT molecular complexity index is 410. The van der Waals surface area contributed by atoms with Gasteiger partial charge in [0, 0.05) is 18.7 Å². The number of nitrogens with zero attached hydrogens (tertiary/aromatic N) is 2. The fraction of sp³-hybridized carbons (Fsp3) is 0.714. The lowest BCUT2D eigenvalue weighted by molar-refractivity contribution is 0.104. The maximum atomic E-state index is 9.68. The highest BCUT2D eigenvalue weighted by molar-refractivity contribution is 5.56. The Labute approximate surface area is 114 Å². The number of anilines is 2. The first-order valence-electron chi connectivity index (χ1n) is 7.18. The van der Waals surface area contributed by atoms with E-state index in [2.05, 4.69) is 27.5 Å². The monoisotopic (exact) mass is 264 g/mol. The summed E-state index contributed by atoms with van der Waals surface area (Å²) < 4.78 is 0. The van der Waals surface area contributed by atoms with E-state index in [9.17, 15) is 5.11 Å². The summed E-state index contributed by atoms with van der Waals surface area (Å²) in [7, 11) is 0. The molecular weight excluding hydrogens is 240 g/mol. The summed E-state index contributed by atoms with van der Waals surface area (Å²) in [6.07, 6.45) is 5.63. The zero-order valence-corrected chi connectivity index (χ0v) is 11.8. The van der Waals surface area contributed by atoms with Crippen molar-refractivity contribution < 1.29 is 5.11 Å². The van der Waals surface area contributed by atoms with Crippen LogP contribution >= 0.6 is 0 Å². The summed E-state index contributed by atoms with van der Waals surface area (Å²) in [5.74, 6) is 2.33. The second-order valence-corrected chi connectivity index (χ2v) is 5.29. The first-order chi connectivity index (χ1) is 9.20. The van der Waals surface area contributed by atoms with Crippen molar-refractivity contribution in [1.82, 2.24) is 9.97 Å². The van der Waals surface area contributed by atoms with E-state index in [4.69, 9.17) is 0 Å². The fourth-order valence-corrected chi connectivity index (χ4v) is 2.66. The van der Waals surface area contributed by atoms with E-state index in [1.54, 1.807) is 6.33 Å². The minimum Gasteiger partial charge on any atom is -0.393 e. The summed E-state index contributed by atoms with van der Waals surface area (Å²) in [5, 5.41) is 16.3. The van der Waals surface area contributed by atoms with E-state index < -0.39 is 0 Å². The minimum absolute atomic E-state index is 0.121. The maximum Gasteiger partial charge on any atom is 0.134 e. The van der Waals surface area contributed by atoms with Crippen molar-refractivity contribution in [3.05, 3.63) is 11.9 Å². The van der Waals surface area contributed by atoms with Gasteiger partial charge >= 0.3 is 0 Å². The molecule has 19 heavy (non-hydrogen) atoms. The number of aliphatic hydroxyl groups excluding tert-OH is 1. The van der Waals surface area contributed by atoms with Crippen molar-refractivity contribution >= 4 is 11.6 Å². The normalized spacial score (nSPS) is 23.1. The molecular formula is C14H24N4O. The van der Waals surface area contributed by atoms with Gasteiger partial charge in [-0.2, -0.15) is 0 Å². The van der Waals surface area contributed by atoms with E-state index in [0.29, 0.717) is 5.92 Å². The molecule has 3 N–H and O–H groups in total. The molecule has 1 aliphatic rings. The van der Waals surface area contributed by atoms with Gasteiger partial charge in [0.15, 0.2) is 0 Å². The summed E-state index contributed by atoms with van der Waals surface area (Å²) >= 11 is 0. The highest BCUT2D eigenvalue weighted by Crippen LogP contribution is 2.25. The van der Waals surface area contributed by atoms with Crippen LogP contribution in [0, 0.1) is 12.8 Å². The van der Waals surface area contributed by atoms with Crippen LogP contribution < -0.4 is 10.6 Å². The first-order valence-corrected chi connectivity index (χ1v) is 7.18. The smallest absolute Gasteiger partial charge is 0.134 e. The number of aliphatic hydroxyl groups is 1. The molecule has 0 saturated heterocycles. The molecule has 2 atom stereocenters. The van der Waals surface area contributed by atoms with E-state index in [-0.39, 0.29) is 6.10 Å². The van der Waals surface area contributed by atoms with Crippen LogP contribution in [0.4, 0.5) is 11.6 Å². The standard InChI is InChI=1S/C14H24N4O/c1-3-15-13-10(2)14(18-9-17-13)16-8-11-5-4-6-12(19)7-11/h9,11-12,19H,3-8H2,1-2H3,(H2,15,16,17,18). The second-order valence-electron chi connectivity index (χ2n) is 5.29. The third-order valence-corrected chi connectivity index (χ3v) is 3.74. The third-order valence-electron chi connectivity index (χ3n) is 3.74. The molecule has 1 aliphatic carbocycles. The Morgan fingerprint density at radius 1 is 1.26 bits per heavy atom. The predicted octanol–water partition coefficient (Wildman–Crippen LogP) is 2.18. The lowest BCUT2D eigenvalue weighted by Gasteiger charge is -2.26. The molecule has 2 rings (SSSR count). The average molecular weight is 264 g/mol. The van der Waals surface area contributed by atoms with Crippen LogP contribution in [0.15, 0.2) is 6.33 Å².